The molecular formula is C26H33ClN6OS. The van der Waals surface area contributed by atoms with Gasteiger partial charge in [-0.1, -0.05) is 29.8 Å². The average Bonchev–Trinajstić information content (AvgIpc) is 3.34. The van der Waals surface area contributed by atoms with Crippen LogP contribution in [0.2, 0.25) is 5.02 Å². The number of anilines is 1. The molecule has 186 valence electrons. The summed E-state index contributed by atoms with van der Waals surface area (Å²) in [6.45, 7) is 5.21. The van der Waals surface area contributed by atoms with Crippen molar-refractivity contribution in [1.82, 2.24) is 24.3 Å². The molecule has 0 N–H and O–H groups in total. The summed E-state index contributed by atoms with van der Waals surface area (Å²) < 4.78 is 9.93. The lowest BCUT2D eigenvalue weighted by Gasteiger charge is -2.37. The first-order chi connectivity index (χ1) is 16.6. The predicted octanol–water partition coefficient (Wildman–Crippen LogP) is 5.46. The Morgan fingerprint density at radius 3 is 2.69 bits per heavy atom. The van der Waals surface area contributed by atoms with Gasteiger partial charge in [0.2, 0.25) is 0 Å². The van der Waals surface area contributed by atoms with Crippen LogP contribution >= 0.6 is 21.6 Å². The number of aryl methyl sites for hydroxylation is 1. The molecule has 0 amide bonds. The summed E-state index contributed by atoms with van der Waals surface area (Å²) in [6.07, 6.45) is 14.8. The second kappa shape index (κ2) is 9.15. The van der Waals surface area contributed by atoms with Crippen LogP contribution in [-0.2, 0) is 18.5 Å². The second-order valence-electron chi connectivity index (χ2n) is 10.3. The Balaban J connectivity index is 1.55. The van der Waals surface area contributed by atoms with Crippen LogP contribution in [0.25, 0.3) is 33.2 Å². The number of hydrogen-bond donors (Lipinski definition) is 0. The molecule has 1 saturated carbocycles. The molecule has 7 nitrogen and oxygen atoms in total. The van der Waals surface area contributed by atoms with Crippen LogP contribution in [0.1, 0.15) is 12.8 Å². The van der Waals surface area contributed by atoms with E-state index < -0.39 is 10.0 Å². The first kappa shape index (κ1) is 24.2. The number of fused-ring (bicyclic) bond motifs is 2. The predicted molar refractivity (Wildman–Crippen MR) is 149 cm³/mol. The normalized spacial score (nSPS) is 15.2. The fourth-order valence-electron chi connectivity index (χ4n) is 4.43. The lowest BCUT2D eigenvalue weighted by atomic mass is 9.87. The van der Waals surface area contributed by atoms with E-state index in [1.807, 2.05) is 31.6 Å². The number of rotatable bonds is 8. The molecule has 1 aliphatic rings. The smallest absolute Gasteiger partial charge is 0.163 e. The van der Waals surface area contributed by atoms with Gasteiger partial charge >= 0.3 is 0 Å². The summed E-state index contributed by atoms with van der Waals surface area (Å²) in [4.78, 5) is 12.1. The van der Waals surface area contributed by atoms with Crippen LogP contribution in [0.5, 0.6) is 0 Å². The van der Waals surface area contributed by atoms with Crippen LogP contribution < -0.4 is 4.90 Å². The van der Waals surface area contributed by atoms with Crippen molar-refractivity contribution in [2.45, 2.75) is 25.6 Å². The zero-order valence-corrected chi connectivity index (χ0v) is 22.7. The topological polar surface area (TPSA) is 61.0 Å². The summed E-state index contributed by atoms with van der Waals surface area (Å²) in [7, 11) is 3.37. The second-order valence-corrected chi connectivity index (χ2v) is 15.3. The minimum Gasteiger partial charge on any atom is -0.360 e. The van der Waals surface area contributed by atoms with E-state index in [0.29, 0.717) is 24.4 Å². The van der Waals surface area contributed by atoms with Gasteiger partial charge in [0.1, 0.15) is 18.1 Å². The Hall–Kier alpha value is -2.55. The van der Waals surface area contributed by atoms with E-state index in [2.05, 4.69) is 53.2 Å². The number of benzene rings is 1. The summed E-state index contributed by atoms with van der Waals surface area (Å²) >= 11 is 6.88. The standard InChI is InChI=1S/C26H33ClN6OS/c1-17-11-18(12-17)32(3)23-13-28-25-20(19-7-8-22-21(24(19)27)14-31(2)30-22)15-33(26(25)29-23)16-34-9-10-35(4,5)6/h7-8,13-15,18H,1,9-12,16H2,2-6H3. The molecule has 1 aliphatic carbocycles. The van der Waals surface area contributed by atoms with Gasteiger partial charge in [-0.15, -0.1) is 0 Å². The number of hydrogen-bond acceptors (Lipinski definition) is 5. The number of aromatic nitrogens is 5. The molecule has 1 fully saturated rings. The van der Waals surface area contributed by atoms with E-state index in [1.54, 1.807) is 4.68 Å². The third kappa shape index (κ3) is 4.79. The molecular weight excluding hydrogens is 480 g/mol. The van der Waals surface area contributed by atoms with Crippen LogP contribution in [0.4, 0.5) is 5.82 Å². The van der Waals surface area contributed by atoms with Crippen LogP contribution in [-0.4, -0.2) is 68.5 Å². The van der Waals surface area contributed by atoms with Gasteiger partial charge in [-0.25, -0.2) is 20.0 Å². The monoisotopic (exact) mass is 512 g/mol. The van der Waals surface area contributed by atoms with E-state index >= 15 is 0 Å². The summed E-state index contributed by atoms with van der Waals surface area (Å²) in [5.41, 5.74) is 5.63. The van der Waals surface area contributed by atoms with Crippen molar-refractivity contribution in [2.75, 3.05) is 43.1 Å². The molecule has 4 aromatic rings. The van der Waals surface area contributed by atoms with Gasteiger partial charge in [-0.05, 0) is 37.7 Å². The van der Waals surface area contributed by atoms with Gasteiger partial charge in [0, 0.05) is 54.8 Å². The van der Waals surface area contributed by atoms with E-state index in [1.165, 1.54) is 5.57 Å². The molecule has 0 saturated heterocycles. The molecule has 0 spiro atoms. The Bertz CT molecular complexity index is 1410. The molecule has 0 radical (unpaired) electrons. The highest BCUT2D eigenvalue weighted by molar-refractivity contribution is 8.32. The zero-order chi connectivity index (χ0) is 24.9. The van der Waals surface area contributed by atoms with Gasteiger partial charge in [0.15, 0.2) is 5.65 Å². The van der Waals surface area contributed by atoms with Crippen molar-refractivity contribution < 1.29 is 4.74 Å². The molecule has 0 aliphatic heterocycles. The largest absolute Gasteiger partial charge is 0.360 e. The Morgan fingerprint density at radius 1 is 1.20 bits per heavy atom. The Morgan fingerprint density at radius 2 is 1.97 bits per heavy atom. The van der Waals surface area contributed by atoms with Crippen molar-refractivity contribution in [3.05, 3.63) is 47.9 Å². The first-order valence-electron chi connectivity index (χ1n) is 11.7. The minimum atomic E-state index is -0.613. The molecule has 0 bridgehead atoms. The van der Waals surface area contributed by atoms with Crippen molar-refractivity contribution in [2.24, 2.45) is 7.05 Å². The van der Waals surface area contributed by atoms with Gasteiger partial charge in [-0.2, -0.15) is 5.10 Å². The highest BCUT2D eigenvalue weighted by Gasteiger charge is 2.27. The average molecular weight is 513 g/mol. The number of ether oxygens (including phenoxy) is 1. The molecule has 1 aromatic carbocycles. The summed E-state index contributed by atoms with van der Waals surface area (Å²) in [5, 5.41) is 6.07. The van der Waals surface area contributed by atoms with Crippen molar-refractivity contribution >= 4 is 49.5 Å². The highest BCUT2D eigenvalue weighted by atomic mass is 35.5. The van der Waals surface area contributed by atoms with Gasteiger partial charge in [0.25, 0.3) is 0 Å². The number of nitrogens with zero attached hydrogens (tertiary/aromatic N) is 6. The molecule has 0 atom stereocenters. The zero-order valence-electron chi connectivity index (χ0n) is 21.1. The molecule has 35 heavy (non-hydrogen) atoms. The lowest BCUT2D eigenvalue weighted by molar-refractivity contribution is 0.0924. The Kier molecular flexibility index (Phi) is 6.32. The van der Waals surface area contributed by atoms with Crippen molar-refractivity contribution in [3.8, 4) is 11.1 Å². The van der Waals surface area contributed by atoms with Gasteiger partial charge in [-0.3, -0.25) is 4.68 Å². The van der Waals surface area contributed by atoms with E-state index in [0.717, 1.165) is 57.6 Å². The molecule has 3 aromatic heterocycles. The molecule has 9 heteroatoms. The third-order valence-electron chi connectivity index (χ3n) is 6.61. The third-order valence-corrected chi connectivity index (χ3v) is 8.41. The van der Waals surface area contributed by atoms with E-state index in [9.17, 15) is 0 Å². The van der Waals surface area contributed by atoms with Gasteiger partial charge in [0.05, 0.1) is 23.3 Å². The van der Waals surface area contributed by atoms with Crippen molar-refractivity contribution in [1.29, 1.82) is 0 Å². The van der Waals surface area contributed by atoms with Crippen molar-refractivity contribution in [3.63, 3.8) is 0 Å². The fourth-order valence-corrected chi connectivity index (χ4v) is 5.36. The summed E-state index contributed by atoms with van der Waals surface area (Å²) in [5.74, 6) is 1.92. The van der Waals surface area contributed by atoms with Crippen LogP contribution in [0, 0.1) is 0 Å². The van der Waals surface area contributed by atoms with Crippen LogP contribution in [0.3, 0.4) is 0 Å². The maximum atomic E-state index is 6.88. The van der Waals surface area contributed by atoms with E-state index in [4.69, 9.17) is 26.3 Å². The molecule has 3 heterocycles. The minimum absolute atomic E-state index is 0.418. The maximum absolute atomic E-state index is 6.88. The summed E-state index contributed by atoms with van der Waals surface area (Å²) in [6, 6.07) is 4.44. The molecule has 0 unspecified atom stereocenters. The fraction of sp³-hybridized carbons (Fsp3) is 0.423. The molecule has 5 rings (SSSR count). The van der Waals surface area contributed by atoms with Gasteiger partial charge < -0.3 is 14.2 Å². The Labute approximate surface area is 213 Å². The first-order valence-corrected chi connectivity index (χ1v) is 15.1. The van der Waals surface area contributed by atoms with E-state index in [-0.39, 0.29) is 0 Å². The van der Waals surface area contributed by atoms with Crippen LogP contribution in [0.15, 0.2) is 42.9 Å². The lowest BCUT2D eigenvalue weighted by Crippen LogP contribution is -2.38. The quantitative estimate of drug-likeness (QED) is 0.232. The highest BCUT2D eigenvalue weighted by Crippen LogP contribution is 2.39. The SMILES string of the molecule is C=C1CC(N(C)c2cnc3c(-c4ccc5nn(C)cc5c4Cl)cn(COCCS(C)(C)C)c3n2)C1. The number of halogens is 1. The maximum Gasteiger partial charge on any atom is 0.163 e.